The zero-order chi connectivity index (χ0) is 37.0. The molecule has 0 saturated heterocycles. The number of hydrogen-bond donors (Lipinski definition) is 0. The van der Waals surface area contributed by atoms with E-state index < -0.39 is 43.9 Å². The van der Waals surface area contributed by atoms with Gasteiger partial charge in [-0.1, -0.05) is 76.0 Å². The van der Waals surface area contributed by atoms with Crippen LogP contribution in [-0.2, 0) is 48.7 Å². The number of allylic oxidation sites excluding steroid dienone is 4. The molecule has 0 aliphatic heterocycles. The van der Waals surface area contributed by atoms with E-state index in [-0.39, 0.29) is 112 Å². The molecule has 52 heavy (non-hydrogen) atoms. The first-order valence-electron chi connectivity index (χ1n) is 18.4. The Morgan fingerprint density at radius 2 is 0.808 bits per heavy atom. The number of hydrogen-bond acceptors (Lipinski definition) is 12. The van der Waals surface area contributed by atoms with Gasteiger partial charge in [0.25, 0.3) is 0 Å². The van der Waals surface area contributed by atoms with Crippen molar-refractivity contribution >= 4 is 20.2 Å². The standard InChI is InChI=1S/C36H68O12S2.2Na/c1-3-5-7-9-11-13-15-17-23-43-31-35(47-27-21-29-49(37,38)39)33-45-25-19-20-26-46-34-36(48-28-22-30-50(40,41)42)32-44-24-18-16-14-12-10-8-6-4-2;;/h11-14,19-20,35-36H,3-10,15-18,21-34H2,1-2H3,(H,37,38,39)(H,40,41,42);;/q;2*+1/p-2/b13-11-,14-12-,20-19-;;. The third kappa shape index (κ3) is 47.0. The van der Waals surface area contributed by atoms with Crippen LogP contribution in [0, 0.1) is 0 Å². The van der Waals surface area contributed by atoms with E-state index in [1.165, 1.54) is 38.5 Å². The fourth-order valence-corrected chi connectivity index (χ4v) is 5.41. The molecule has 0 aromatic carbocycles. The van der Waals surface area contributed by atoms with Crippen molar-refractivity contribution in [2.45, 2.75) is 116 Å². The van der Waals surface area contributed by atoms with Crippen LogP contribution in [-0.4, -0.2) is 116 Å². The molecule has 296 valence electrons. The second-order valence-corrected chi connectivity index (χ2v) is 15.2. The predicted molar refractivity (Wildman–Crippen MR) is 195 cm³/mol. The third-order valence-corrected chi connectivity index (χ3v) is 8.77. The molecule has 0 aromatic rings. The summed E-state index contributed by atoms with van der Waals surface area (Å²) in [6.45, 7) is 7.35. The Kier molecular flexibility index (Phi) is 45.5. The molecule has 0 aliphatic carbocycles. The summed E-state index contributed by atoms with van der Waals surface area (Å²) in [5, 5.41) is 0. The summed E-state index contributed by atoms with van der Waals surface area (Å²) >= 11 is 0. The van der Waals surface area contributed by atoms with E-state index in [2.05, 4.69) is 38.2 Å². The van der Waals surface area contributed by atoms with Crippen LogP contribution in [0.1, 0.15) is 104 Å². The van der Waals surface area contributed by atoms with Gasteiger partial charge >= 0.3 is 59.1 Å². The van der Waals surface area contributed by atoms with Gasteiger partial charge in [0.2, 0.25) is 0 Å². The monoisotopic (exact) mass is 800 g/mol. The van der Waals surface area contributed by atoms with Gasteiger partial charge in [0, 0.05) is 37.9 Å². The van der Waals surface area contributed by atoms with Gasteiger partial charge in [0.1, 0.15) is 12.2 Å². The Morgan fingerprint density at radius 1 is 0.462 bits per heavy atom. The zero-order valence-corrected chi connectivity index (χ0v) is 38.4. The van der Waals surface area contributed by atoms with Crippen LogP contribution in [0.2, 0.25) is 0 Å². The molecule has 2 atom stereocenters. The second kappa shape index (κ2) is 41.4. The van der Waals surface area contributed by atoms with Crippen LogP contribution in [0.25, 0.3) is 0 Å². The number of rotatable bonds is 38. The summed E-state index contributed by atoms with van der Waals surface area (Å²) in [5.41, 5.74) is 0. The maximum absolute atomic E-state index is 10.9. The van der Waals surface area contributed by atoms with Crippen molar-refractivity contribution in [2.24, 2.45) is 0 Å². The van der Waals surface area contributed by atoms with Crippen molar-refractivity contribution in [3.05, 3.63) is 36.5 Å². The Hall–Kier alpha value is 0.800. The van der Waals surface area contributed by atoms with E-state index in [4.69, 9.17) is 28.4 Å². The minimum Gasteiger partial charge on any atom is -0.748 e. The van der Waals surface area contributed by atoms with Crippen molar-refractivity contribution in [2.75, 3.05) is 77.6 Å². The molecule has 0 bridgehead atoms. The van der Waals surface area contributed by atoms with Crippen molar-refractivity contribution in [3.8, 4) is 0 Å². The molecule has 0 saturated carbocycles. The Morgan fingerprint density at radius 3 is 1.15 bits per heavy atom. The summed E-state index contributed by atoms with van der Waals surface area (Å²) in [7, 11) is -8.58. The topological polar surface area (TPSA) is 170 Å². The summed E-state index contributed by atoms with van der Waals surface area (Å²) < 4.78 is 99.7. The van der Waals surface area contributed by atoms with Crippen molar-refractivity contribution in [1.29, 1.82) is 0 Å². The molecule has 2 unspecified atom stereocenters. The van der Waals surface area contributed by atoms with Crippen molar-refractivity contribution in [1.82, 2.24) is 0 Å². The van der Waals surface area contributed by atoms with Crippen LogP contribution in [0.15, 0.2) is 36.5 Å². The molecular weight excluding hydrogens is 734 g/mol. The van der Waals surface area contributed by atoms with Gasteiger partial charge in [-0.3, -0.25) is 0 Å². The summed E-state index contributed by atoms with van der Waals surface area (Å²) in [6, 6.07) is 0. The van der Waals surface area contributed by atoms with Crippen LogP contribution in [0.4, 0.5) is 0 Å². The van der Waals surface area contributed by atoms with E-state index in [1.807, 2.05) is 0 Å². The maximum atomic E-state index is 10.9. The average molecular weight is 801 g/mol. The summed E-state index contributed by atoms with van der Waals surface area (Å²) in [5.74, 6) is -0.961. The molecule has 12 nitrogen and oxygen atoms in total. The van der Waals surface area contributed by atoms with E-state index >= 15 is 0 Å². The molecule has 0 spiro atoms. The second-order valence-electron chi connectivity index (χ2n) is 12.1. The molecule has 0 rings (SSSR count). The predicted octanol–water partition coefficient (Wildman–Crippen LogP) is 0.0914. The average Bonchev–Trinajstić information content (AvgIpc) is 3.06. The molecule has 16 heteroatoms. The van der Waals surface area contributed by atoms with Gasteiger partial charge in [-0.05, 0) is 64.2 Å². The summed E-state index contributed by atoms with van der Waals surface area (Å²) in [4.78, 5) is 0. The van der Waals surface area contributed by atoms with Gasteiger partial charge in [-0.2, -0.15) is 0 Å². The van der Waals surface area contributed by atoms with E-state index in [9.17, 15) is 25.9 Å². The first-order chi connectivity index (χ1) is 24.1. The third-order valence-electron chi connectivity index (χ3n) is 7.20. The SMILES string of the molecule is CCCCC/C=C\CCCOCC(COC/C=C\COCC(COCCC/C=C\CCCCC)OCCCS(=O)(=O)[O-])OCCCS(=O)(=O)[O-].[Na+].[Na+]. The van der Waals surface area contributed by atoms with Gasteiger partial charge in [-0.15, -0.1) is 0 Å². The summed E-state index contributed by atoms with van der Waals surface area (Å²) in [6.07, 6.45) is 25.0. The van der Waals surface area contributed by atoms with Crippen LogP contribution < -0.4 is 59.1 Å². The quantitative estimate of drug-likeness (QED) is 0.0358. The Bertz CT molecular complexity index is 976. The van der Waals surface area contributed by atoms with E-state index in [0.717, 1.165) is 38.5 Å². The molecule has 0 heterocycles. The van der Waals surface area contributed by atoms with Crippen LogP contribution >= 0.6 is 0 Å². The maximum Gasteiger partial charge on any atom is 1.00 e. The minimum absolute atomic E-state index is 0. The number of unbranched alkanes of at least 4 members (excludes halogenated alkanes) is 8. The first kappa shape index (κ1) is 57.1. The van der Waals surface area contributed by atoms with Crippen LogP contribution in [0.5, 0.6) is 0 Å². The molecule has 0 aliphatic rings. The first-order valence-corrected chi connectivity index (χ1v) is 21.6. The van der Waals surface area contributed by atoms with E-state index in [1.54, 1.807) is 12.2 Å². The molecule has 0 N–H and O–H groups in total. The largest absolute Gasteiger partial charge is 1.00 e. The minimum atomic E-state index is -4.29. The van der Waals surface area contributed by atoms with Crippen molar-refractivity contribution < 1.29 is 113 Å². The van der Waals surface area contributed by atoms with Crippen LogP contribution in [0.3, 0.4) is 0 Å². The Labute approximate surface area is 360 Å². The smallest absolute Gasteiger partial charge is 0.748 e. The molecule has 0 fully saturated rings. The van der Waals surface area contributed by atoms with Gasteiger partial charge in [0.15, 0.2) is 0 Å². The fourth-order valence-electron chi connectivity index (χ4n) is 4.46. The normalized spacial score (nSPS) is 13.5. The van der Waals surface area contributed by atoms with Gasteiger partial charge < -0.3 is 37.5 Å². The Balaban J connectivity index is -0.0000120. The van der Waals surface area contributed by atoms with Gasteiger partial charge in [-0.25, -0.2) is 16.8 Å². The van der Waals surface area contributed by atoms with Gasteiger partial charge in [0.05, 0.1) is 59.9 Å². The van der Waals surface area contributed by atoms with E-state index in [0.29, 0.717) is 26.4 Å². The van der Waals surface area contributed by atoms with Crippen molar-refractivity contribution in [3.63, 3.8) is 0 Å². The molecular formula is C36H66Na2O12S2. The zero-order valence-electron chi connectivity index (χ0n) is 32.7. The molecule has 0 radical (unpaired) electrons. The fraction of sp³-hybridized carbons (Fsp3) is 0.833. The number of ether oxygens (including phenoxy) is 6. The molecule has 0 aromatic heterocycles. The molecule has 0 amide bonds.